The number of hydrogen-bond donors (Lipinski definition) is 3. The minimum atomic E-state index is -0.994. The van der Waals surface area contributed by atoms with Gasteiger partial charge in [0.1, 0.15) is 17.9 Å². The maximum absolute atomic E-state index is 13.4. The van der Waals surface area contributed by atoms with Crippen molar-refractivity contribution in [3.8, 4) is 11.8 Å². The molecule has 3 aliphatic rings. The van der Waals surface area contributed by atoms with Crippen molar-refractivity contribution in [1.29, 1.82) is 5.26 Å². The Kier molecular flexibility index (Phi) is 10.7. The molecule has 1 saturated heterocycles. The number of thiazole rings is 1. The van der Waals surface area contributed by atoms with Gasteiger partial charge in [-0.2, -0.15) is 5.26 Å². The van der Waals surface area contributed by atoms with Crippen molar-refractivity contribution in [3.05, 3.63) is 76.1 Å². The molecule has 0 spiro atoms. The van der Waals surface area contributed by atoms with Gasteiger partial charge in [-0.05, 0) is 82.3 Å². The Morgan fingerprint density at radius 3 is 2.65 bits per heavy atom. The average Bonchev–Trinajstić information content (AvgIpc) is 3.70. The summed E-state index contributed by atoms with van der Waals surface area (Å²) < 4.78 is 6.54. The van der Waals surface area contributed by atoms with Gasteiger partial charge in [0.05, 0.1) is 50.3 Å². The summed E-state index contributed by atoms with van der Waals surface area (Å²) in [5.74, 6) is -0.990. The van der Waals surface area contributed by atoms with Gasteiger partial charge < -0.3 is 20.3 Å². The molecule has 278 valence electrons. The largest absolute Gasteiger partial charge is 0.494 e. The van der Waals surface area contributed by atoms with Crippen LogP contribution in [0.5, 0.6) is 5.75 Å². The zero-order valence-electron chi connectivity index (χ0n) is 30.0. The predicted molar refractivity (Wildman–Crippen MR) is 201 cm³/mol. The normalized spacial score (nSPS) is 19.8. The fourth-order valence-corrected chi connectivity index (χ4v) is 8.75. The van der Waals surface area contributed by atoms with E-state index in [1.807, 2.05) is 18.2 Å². The highest BCUT2D eigenvalue weighted by Gasteiger charge is 2.45. The molecule has 2 aromatic heterocycles. The number of nitrogens with zero attached hydrogens (tertiary/aromatic N) is 5. The molecule has 0 bridgehead atoms. The molecular weight excluding hydrogens is 709 g/mol. The maximum Gasteiger partial charge on any atom is 0.264 e. The van der Waals surface area contributed by atoms with Crippen LogP contribution in [-0.2, 0) is 9.59 Å². The number of anilines is 2. The molecule has 5 amide bonds. The van der Waals surface area contributed by atoms with Gasteiger partial charge in [-0.15, -0.1) is 11.3 Å². The predicted octanol–water partition coefficient (Wildman–Crippen LogP) is 4.93. The molecule has 7 rings (SSSR count). The molecule has 2 fully saturated rings. The fourth-order valence-electron chi connectivity index (χ4n) is 7.59. The Labute approximate surface area is 315 Å². The van der Waals surface area contributed by atoms with Crippen LogP contribution in [-0.4, -0.2) is 89.1 Å². The van der Waals surface area contributed by atoms with E-state index in [2.05, 4.69) is 32.9 Å². The molecule has 2 aromatic carbocycles. The van der Waals surface area contributed by atoms with E-state index in [9.17, 15) is 24.0 Å². The average molecular weight is 749 g/mol. The summed E-state index contributed by atoms with van der Waals surface area (Å²) in [6.45, 7) is 2.44. The number of amides is 5. The summed E-state index contributed by atoms with van der Waals surface area (Å²) >= 11 is 1.64. The number of benzene rings is 2. The van der Waals surface area contributed by atoms with Crippen molar-refractivity contribution in [2.75, 3.05) is 44.4 Å². The Hall–Kier alpha value is -5.72. The second kappa shape index (κ2) is 15.7. The lowest BCUT2D eigenvalue weighted by Gasteiger charge is -2.30. The van der Waals surface area contributed by atoms with E-state index >= 15 is 0 Å². The molecular formula is C39H40N8O6S. The standard InChI is InChI=1S/C39H40N8O6S/c1-46(14-4-13-42-27-6-3-5-26-34(27)39(52)47(38(26)51)30-11-12-33(48)45-36(30)50)21-22-7-9-24(10-8-22)37-44-29-16-31(53-2)28(17-32(29)54-37)43-35(49)25-15-23(18-40)19-41-20-25/h3,5-6,15-17,19-20,22,24,30,42H,4,7-14,21H2,1-2H3,(H,43,49)(H,45,48,50)/t22-,24-,30?. The number of aromatic nitrogens is 2. The molecule has 4 heterocycles. The number of ether oxygens (including phenoxy) is 1. The molecule has 1 unspecified atom stereocenters. The highest BCUT2D eigenvalue weighted by Crippen LogP contribution is 2.41. The first kappa shape index (κ1) is 36.6. The summed E-state index contributed by atoms with van der Waals surface area (Å²) in [7, 11) is 3.68. The van der Waals surface area contributed by atoms with Crippen LogP contribution >= 0.6 is 11.3 Å². The van der Waals surface area contributed by atoms with Crippen molar-refractivity contribution in [3.63, 3.8) is 0 Å². The highest BCUT2D eigenvalue weighted by molar-refractivity contribution is 7.18. The lowest BCUT2D eigenvalue weighted by atomic mass is 9.82. The van der Waals surface area contributed by atoms with Gasteiger partial charge in [0.2, 0.25) is 11.8 Å². The number of hydrogen-bond acceptors (Lipinski definition) is 12. The van der Waals surface area contributed by atoms with Crippen LogP contribution in [0.25, 0.3) is 10.2 Å². The van der Waals surface area contributed by atoms with Crippen LogP contribution in [0.3, 0.4) is 0 Å². The zero-order chi connectivity index (χ0) is 37.9. The van der Waals surface area contributed by atoms with Gasteiger partial charge in [-0.25, -0.2) is 4.98 Å². The number of nitrogens with one attached hydrogen (secondary N) is 3. The number of rotatable bonds is 12. The Morgan fingerprint density at radius 2 is 1.89 bits per heavy atom. The van der Waals surface area contributed by atoms with Gasteiger partial charge >= 0.3 is 0 Å². The molecule has 0 radical (unpaired) electrons. The number of imide groups is 2. The number of pyridine rings is 1. The van der Waals surface area contributed by atoms with E-state index < -0.39 is 29.7 Å². The van der Waals surface area contributed by atoms with E-state index in [1.165, 1.54) is 18.5 Å². The van der Waals surface area contributed by atoms with Gasteiger partial charge in [0.15, 0.2) is 0 Å². The van der Waals surface area contributed by atoms with Crippen LogP contribution in [0.2, 0.25) is 0 Å². The number of methoxy groups -OCH3 is 1. The SMILES string of the molecule is COc1cc2nc([C@H]3CC[C@H](CN(C)CCCNc4cccc5c4C(=O)N(C4CCC(=O)NC4=O)C5=O)CC3)sc2cc1NC(=O)c1cncc(C#N)c1. The second-order valence-electron chi connectivity index (χ2n) is 14.0. The van der Waals surface area contributed by atoms with E-state index in [-0.39, 0.29) is 35.4 Å². The number of carbonyl (C=O) groups excluding carboxylic acids is 5. The zero-order valence-corrected chi connectivity index (χ0v) is 30.8. The molecule has 4 aromatic rings. The van der Waals surface area contributed by atoms with Crippen molar-refractivity contribution in [2.45, 2.75) is 56.9 Å². The van der Waals surface area contributed by atoms with Crippen molar-refractivity contribution in [2.24, 2.45) is 5.92 Å². The van der Waals surface area contributed by atoms with Crippen LogP contribution in [0.4, 0.5) is 11.4 Å². The Bertz CT molecular complexity index is 2190. The van der Waals surface area contributed by atoms with Gasteiger partial charge in [0.25, 0.3) is 17.7 Å². The number of carbonyl (C=O) groups is 5. The van der Waals surface area contributed by atoms with E-state index in [0.717, 1.165) is 65.3 Å². The van der Waals surface area contributed by atoms with Crippen molar-refractivity contribution in [1.82, 2.24) is 25.1 Å². The quantitative estimate of drug-likeness (QED) is 0.132. The summed E-state index contributed by atoms with van der Waals surface area (Å²) in [6.07, 6.45) is 8.14. The minimum Gasteiger partial charge on any atom is -0.494 e. The topological polar surface area (TPSA) is 187 Å². The van der Waals surface area contributed by atoms with Crippen LogP contribution in [0.1, 0.15) is 92.5 Å². The first-order valence-electron chi connectivity index (χ1n) is 18.1. The van der Waals surface area contributed by atoms with Crippen molar-refractivity contribution < 1.29 is 28.7 Å². The number of fused-ring (bicyclic) bond motifs is 2. The fraction of sp³-hybridized carbons (Fsp3) is 0.385. The highest BCUT2D eigenvalue weighted by atomic mass is 32.1. The molecule has 3 N–H and O–H groups in total. The molecule has 1 saturated carbocycles. The smallest absolute Gasteiger partial charge is 0.264 e. The minimum absolute atomic E-state index is 0.0786. The first-order chi connectivity index (χ1) is 26.1. The summed E-state index contributed by atoms with van der Waals surface area (Å²) in [6, 6.07) is 11.3. The number of piperidine rings is 1. The Morgan fingerprint density at radius 1 is 1.07 bits per heavy atom. The van der Waals surface area contributed by atoms with Crippen LogP contribution in [0, 0.1) is 17.2 Å². The van der Waals surface area contributed by atoms with E-state index in [4.69, 9.17) is 15.0 Å². The maximum atomic E-state index is 13.4. The van der Waals surface area contributed by atoms with E-state index in [0.29, 0.717) is 41.1 Å². The van der Waals surface area contributed by atoms with Crippen LogP contribution < -0.4 is 20.7 Å². The van der Waals surface area contributed by atoms with Gasteiger partial charge in [-0.1, -0.05) is 6.07 Å². The van der Waals surface area contributed by atoms with E-state index in [1.54, 1.807) is 36.6 Å². The number of nitriles is 1. The lowest BCUT2D eigenvalue weighted by molar-refractivity contribution is -0.136. The molecule has 14 nitrogen and oxygen atoms in total. The van der Waals surface area contributed by atoms with Gasteiger partial charge in [0, 0.05) is 49.6 Å². The molecule has 54 heavy (non-hydrogen) atoms. The molecule has 15 heteroatoms. The molecule has 2 aliphatic heterocycles. The summed E-state index contributed by atoms with van der Waals surface area (Å²) in [5, 5.41) is 18.7. The lowest BCUT2D eigenvalue weighted by Crippen LogP contribution is -2.54. The third-order valence-corrected chi connectivity index (χ3v) is 11.6. The second-order valence-corrected chi connectivity index (χ2v) is 15.1. The van der Waals surface area contributed by atoms with Gasteiger partial charge in [-0.3, -0.25) is 39.2 Å². The monoisotopic (exact) mass is 748 g/mol. The third-order valence-electron chi connectivity index (χ3n) is 10.4. The van der Waals surface area contributed by atoms with Crippen molar-refractivity contribution >= 4 is 62.5 Å². The summed E-state index contributed by atoms with van der Waals surface area (Å²) in [5.41, 5.74) is 3.05. The Balaban J connectivity index is 0.885. The molecule has 1 aliphatic carbocycles. The van der Waals surface area contributed by atoms with Crippen LogP contribution in [0.15, 0.2) is 48.8 Å². The first-order valence-corrected chi connectivity index (χ1v) is 18.9. The third kappa shape index (κ3) is 7.53. The summed E-state index contributed by atoms with van der Waals surface area (Å²) in [4.78, 5) is 75.8. The molecule has 1 atom stereocenters.